The van der Waals surface area contributed by atoms with Crippen LogP contribution in [0.25, 0.3) is 11.2 Å². The summed E-state index contributed by atoms with van der Waals surface area (Å²) in [5, 5.41) is 20.8. The Bertz CT molecular complexity index is 1110. The minimum atomic E-state index is -0.653. The molecule has 0 radical (unpaired) electrons. The van der Waals surface area contributed by atoms with Crippen molar-refractivity contribution in [3.8, 4) is 0 Å². The number of fused-ring (bicyclic) bond motifs is 1. The van der Waals surface area contributed by atoms with Gasteiger partial charge in [0.25, 0.3) is 11.2 Å². The number of ether oxygens (including phenoxy) is 2. The minimum absolute atomic E-state index is 0.00998. The molecule has 3 aromatic rings. The number of hydrogen-bond acceptors (Lipinski definition) is 9. The molecule has 0 spiro atoms. The molecule has 12 nitrogen and oxygen atoms in total. The summed E-state index contributed by atoms with van der Waals surface area (Å²) in [7, 11) is 0. The number of nitro benzene ring substituents is 1. The molecule has 0 unspecified atom stereocenters. The first-order valence-electron chi connectivity index (χ1n) is 8.80. The maximum absolute atomic E-state index is 11.9. The molecule has 29 heavy (non-hydrogen) atoms. The Labute approximate surface area is 163 Å². The van der Waals surface area contributed by atoms with Crippen LogP contribution in [0.1, 0.15) is 18.2 Å². The fraction of sp³-hybridized carbons (Fsp3) is 0.353. The smallest absolute Gasteiger partial charge is 0.280 e. The summed E-state index contributed by atoms with van der Waals surface area (Å²) in [6.45, 7) is -0.315. The molecule has 1 aliphatic heterocycles. The van der Waals surface area contributed by atoms with E-state index in [9.17, 15) is 20.0 Å². The van der Waals surface area contributed by atoms with Crippen molar-refractivity contribution in [1.29, 1.82) is 0 Å². The van der Waals surface area contributed by atoms with E-state index in [4.69, 9.17) is 15.2 Å². The van der Waals surface area contributed by atoms with E-state index in [-0.39, 0.29) is 36.0 Å². The lowest BCUT2D eigenvalue weighted by atomic mass is 10.1. The lowest BCUT2D eigenvalue weighted by molar-refractivity contribution is -0.386. The number of aliphatic hydroxyl groups excluding tert-OH is 1. The standard InChI is InChI=1S/C17H18N6O6/c18-17-20-15-14(16(25)21-17)19-8-22(15)13-5-11(12(6-24)29-13)28-7-9-3-1-2-4-10(9)23(26)27/h1-4,8,11-13,24H,5-7H2,(H3,18,20,21,25)/t11-,12+,13+/m0/s1. The van der Waals surface area contributed by atoms with Gasteiger partial charge >= 0.3 is 0 Å². The van der Waals surface area contributed by atoms with E-state index in [1.165, 1.54) is 12.4 Å². The van der Waals surface area contributed by atoms with Crippen LogP contribution in [0.4, 0.5) is 11.6 Å². The highest BCUT2D eigenvalue weighted by molar-refractivity contribution is 5.70. The first kappa shape index (κ1) is 19.0. The third-order valence-electron chi connectivity index (χ3n) is 4.76. The molecule has 4 rings (SSSR count). The molecule has 4 N–H and O–H groups in total. The zero-order valence-corrected chi connectivity index (χ0v) is 15.1. The van der Waals surface area contributed by atoms with Crippen LogP contribution in [0.15, 0.2) is 35.4 Å². The van der Waals surface area contributed by atoms with E-state index in [2.05, 4.69) is 15.0 Å². The van der Waals surface area contributed by atoms with Crippen LogP contribution in [-0.4, -0.2) is 48.4 Å². The first-order chi connectivity index (χ1) is 14.0. The van der Waals surface area contributed by atoms with E-state index < -0.39 is 28.9 Å². The molecule has 0 saturated carbocycles. The molecule has 2 aromatic heterocycles. The van der Waals surface area contributed by atoms with Gasteiger partial charge in [0.15, 0.2) is 11.2 Å². The number of para-hydroxylation sites is 1. The van der Waals surface area contributed by atoms with E-state index in [1.807, 2.05) is 0 Å². The van der Waals surface area contributed by atoms with Gasteiger partial charge in [-0.2, -0.15) is 4.98 Å². The molecule has 0 amide bonds. The van der Waals surface area contributed by atoms with Crippen LogP contribution in [-0.2, 0) is 16.1 Å². The Balaban J connectivity index is 1.54. The van der Waals surface area contributed by atoms with E-state index in [1.54, 1.807) is 22.8 Å². The first-order valence-corrected chi connectivity index (χ1v) is 8.80. The minimum Gasteiger partial charge on any atom is -0.394 e. The van der Waals surface area contributed by atoms with Crippen LogP contribution in [0.3, 0.4) is 0 Å². The third kappa shape index (κ3) is 3.55. The molecule has 1 saturated heterocycles. The maximum atomic E-state index is 11.9. The molecule has 0 aliphatic carbocycles. The van der Waals surface area contributed by atoms with Gasteiger partial charge in [-0.3, -0.25) is 24.5 Å². The van der Waals surface area contributed by atoms with Gasteiger partial charge < -0.3 is 20.3 Å². The number of imidazole rings is 1. The number of nitro groups is 1. The SMILES string of the molecule is Nc1nc2c(ncn2[C@H]2C[C@H](OCc3ccccc3[N+](=O)[O-])[C@@H](CO)O2)c(=O)[nH]1. The average molecular weight is 402 g/mol. The van der Waals surface area contributed by atoms with Crippen LogP contribution in [0.5, 0.6) is 0 Å². The van der Waals surface area contributed by atoms with Crippen LogP contribution >= 0.6 is 0 Å². The lowest BCUT2D eigenvalue weighted by Crippen LogP contribution is -2.27. The second-order valence-corrected chi connectivity index (χ2v) is 6.56. The number of nitrogen functional groups attached to an aromatic ring is 1. The summed E-state index contributed by atoms with van der Waals surface area (Å²) in [5.74, 6) is -0.0508. The fourth-order valence-electron chi connectivity index (χ4n) is 3.37. The molecular weight excluding hydrogens is 384 g/mol. The molecule has 12 heteroatoms. The molecule has 3 atom stereocenters. The highest BCUT2D eigenvalue weighted by Gasteiger charge is 2.37. The number of nitrogens with one attached hydrogen (secondary N) is 1. The number of benzene rings is 1. The predicted molar refractivity (Wildman–Crippen MR) is 99.8 cm³/mol. The molecule has 152 valence electrons. The van der Waals surface area contributed by atoms with Crippen molar-refractivity contribution >= 4 is 22.8 Å². The number of aliphatic hydroxyl groups is 1. The molecule has 0 bridgehead atoms. The second kappa shape index (κ2) is 7.58. The lowest BCUT2D eigenvalue weighted by Gasteiger charge is -2.16. The number of aromatic amines is 1. The molecule has 1 fully saturated rings. The van der Waals surface area contributed by atoms with Crippen molar-refractivity contribution in [2.24, 2.45) is 0 Å². The van der Waals surface area contributed by atoms with Gasteiger partial charge in [0.05, 0.1) is 36.1 Å². The normalized spacial score (nSPS) is 21.6. The molecular formula is C17H18N6O6. The molecule has 3 heterocycles. The van der Waals surface area contributed by atoms with E-state index in [0.29, 0.717) is 12.0 Å². The van der Waals surface area contributed by atoms with Gasteiger partial charge in [-0.1, -0.05) is 12.1 Å². The average Bonchev–Trinajstić information content (AvgIpc) is 3.30. The van der Waals surface area contributed by atoms with Crippen molar-refractivity contribution < 1.29 is 19.5 Å². The summed E-state index contributed by atoms with van der Waals surface area (Å²) in [6, 6.07) is 6.29. The monoisotopic (exact) mass is 402 g/mol. The molecule has 1 aromatic carbocycles. The summed E-state index contributed by atoms with van der Waals surface area (Å²) in [5.41, 5.74) is 5.91. The van der Waals surface area contributed by atoms with Gasteiger partial charge in [-0.15, -0.1) is 0 Å². The van der Waals surface area contributed by atoms with Crippen LogP contribution in [0.2, 0.25) is 0 Å². The van der Waals surface area contributed by atoms with Crippen LogP contribution < -0.4 is 11.3 Å². The Morgan fingerprint density at radius 2 is 2.24 bits per heavy atom. The second-order valence-electron chi connectivity index (χ2n) is 6.56. The zero-order chi connectivity index (χ0) is 20.5. The zero-order valence-electron chi connectivity index (χ0n) is 15.1. The summed E-state index contributed by atoms with van der Waals surface area (Å²) >= 11 is 0. The Morgan fingerprint density at radius 1 is 1.45 bits per heavy atom. The number of rotatable bonds is 6. The fourth-order valence-corrected chi connectivity index (χ4v) is 3.37. The van der Waals surface area contributed by atoms with Gasteiger partial charge in [-0.25, -0.2) is 4.98 Å². The molecule has 1 aliphatic rings. The van der Waals surface area contributed by atoms with Gasteiger partial charge in [0, 0.05) is 12.5 Å². The highest BCUT2D eigenvalue weighted by Crippen LogP contribution is 2.33. The summed E-state index contributed by atoms with van der Waals surface area (Å²) < 4.78 is 13.2. The number of hydrogen-bond donors (Lipinski definition) is 3. The van der Waals surface area contributed by atoms with Gasteiger partial charge in [0.2, 0.25) is 5.95 Å². The van der Waals surface area contributed by atoms with E-state index in [0.717, 1.165) is 0 Å². The quantitative estimate of drug-likeness (QED) is 0.391. The Kier molecular flexibility index (Phi) is 4.96. The number of H-pyrrole nitrogens is 1. The Morgan fingerprint density at radius 3 is 3.00 bits per heavy atom. The van der Waals surface area contributed by atoms with Crippen molar-refractivity contribution in [1.82, 2.24) is 19.5 Å². The predicted octanol–water partition coefficient (Wildman–Crippen LogP) is 0.475. The maximum Gasteiger partial charge on any atom is 0.280 e. The summed E-state index contributed by atoms with van der Waals surface area (Å²) in [4.78, 5) is 33.2. The Hall–Kier alpha value is -3.35. The topological polar surface area (TPSA) is 171 Å². The highest BCUT2D eigenvalue weighted by atomic mass is 16.6. The van der Waals surface area contributed by atoms with E-state index >= 15 is 0 Å². The number of aromatic nitrogens is 4. The summed E-state index contributed by atoms with van der Waals surface area (Å²) in [6.07, 6.45) is -0.0375. The number of nitrogens with zero attached hydrogens (tertiary/aromatic N) is 4. The van der Waals surface area contributed by atoms with Gasteiger partial charge in [-0.05, 0) is 6.07 Å². The third-order valence-corrected chi connectivity index (χ3v) is 4.76. The number of nitrogens with two attached hydrogens (primary N) is 1. The van der Waals surface area contributed by atoms with Crippen molar-refractivity contribution in [3.63, 3.8) is 0 Å². The van der Waals surface area contributed by atoms with Gasteiger partial charge in [0.1, 0.15) is 12.3 Å². The van der Waals surface area contributed by atoms with Crippen molar-refractivity contribution in [2.75, 3.05) is 12.3 Å². The number of anilines is 1. The van der Waals surface area contributed by atoms with Crippen molar-refractivity contribution in [2.45, 2.75) is 31.5 Å². The largest absolute Gasteiger partial charge is 0.394 e. The van der Waals surface area contributed by atoms with Crippen LogP contribution in [0, 0.1) is 10.1 Å². The van der Waals surface area contributed by atoms with Crippen molar-refractivity contribution in [3.05, 3.63) is 56.6 Å².